The van der Waals surface area contributed by atoms with E-state index >= 15 is 0 Å². The molecule has 0 bridgehead atoms. The van der Waals surface area contributed by atoms with Crippen LogP contribution in [-0.2, 0) is 17.8 Å². The highest BCUT2D eigenvalue weighted by atomic mass is 32.1. The van der Waals surface area contributed by atoms with Crippen LogP contribution in [-0.4, -0.2) is 33.9 Å². The van der Waals surface area contributed by atoms with Crippen LogP contribution in [0.25, 0.3) is 0 Å². The van der Waals surface area contributed by atoms with Crippen molar-refractivity contribution in [1.29, 1.82) is 0 Å². The van der Waals surface area contributed by atoms with E-state index in [9.17, 15) is 9.59 Å². The molecular formula is C17H22N6O2S. The van der Waals surface area contributed by atoms with Crippen molar-refractivity contribution in [1.82, 2.24) is 20.5 Å². The molecule has 1 amide bonds. The highest BCUT2D eigenvalue weighted by molar-refractivity contribution is 7.12. The van der Waals surface area contributed by atoms with Gasteiger partial charge in [-0.25, -0.2) is 5.84 Å². The molecule has 0 aliphatic heterocycles. The molecule has 0 fully saturated rings. The lowest BCUT2D eigenvalue weighted by molar-refractivity contribution is -0.117. The van der Waals surface area contributed by atoms with Gasteiger partial charge < -0.3 is 16.1 Å². The van der Waals surface area contributed by atoms with Gasteiger partial charge in [-0.15, -0.1) is 10.2 Å². The molecule has 1 heterocycles. The molecule has 2 aromatic rings. The van der Waals surface area contributed by atoms with E-state index in [1.165, 1.54) is 22.5 Å². The molecule has 5 N–H and O–H groups in total. The summed E-state index contributed by atoms with van der Waals surface area (Å²) in [5.41, 5.74) is 6.83. The number of amides is 1. The zero-order chi connectivity index (χ0) is 18.8. The summed E-state index contributed by atoms with van der Waals surface area (Å²) in [6.07, 6.45) is 4.49. The summed E-state index contributed by atoms with van der Waals surface area (Å²) in [7, 11) is 0. The number of hydrazine groups is 1. The van der Waals surface area contributed by atoms with Crippen LogP contribution >= 0.6 is 11.3 Å². The summed E-state index contributed by atoms with van der Waals surface area (Å²) in [6, 6.07) is 9.57. The Bertz CT molecular complexity index is 747. The zero-order valence-electron chi connectivity index (χ0n) is 14.3. The highest BCUT2D eigenvalue weighted by Gasteiger charge is 2.07. The molecule has 0 radical (unpaired) electrons. The van der Waals surface area contributed by atoms with Crippen LogP contribution < -0.4 is 16.9 Å². The van der Waals surface area contributed by atoms with E-state index in [2.05, 4.69) is 15.5 Å². The van der Waals surface area contributed by atoms with Gasteiger partial charge in [-0.3, -0.25) is 9.59 Å². The summed E-state index contributed by atoms with van der Waals surface area (Å²) < 4.78 is 0. The molecule has 2 rings (SSSR count). The number of carbonyl (C=O) groups excluding carboxylic acids is 2. The van der Waals surface area contributed by atoms with Crippen LogP contribution in [0.2, 0.25) is 0 Å². The lowest BCUT2D eigenvalue weighted by Gasteiger charge is -2.14. The molecule has 0 aliphatic rings. The van der Waals surface area contributed by atoms with Crippen molar-refractivity contribution in [2.45, 2.75) is 25.8 Å². The van der Waals surface area contributed by atoms with Crippen molar-refractivity contribution in [2.75, 3.05) is 6.54 Å². The van der Waals surface area contributed by atoms with Gasteiger partial charge in [0, 0.05) is 25.7 Å². The number of hydrogen-bond donors (Lipinski definition) is 3. The molecular weight excluding hydrogens is 352 g/mol. The van der Waals surface area contributed by atoms with Gasteiger partial charge >= 0.3 is 0 Å². The number of nitrogens with zero attached hydrogens (tertiary/aromatic N) is 3. The summed E-state index contributed by atoms with van der Waals surface area (Å²) in [6.45, 7) is 0.954. The Balaban J connectivity index is 1.68. The van der Waals surface area contributed by atoms with E-state index in [-0.39, 0.29) is 11.6 Å². The first-order valence-corrected chi connectivity index (χ1v) is 8.98. The molecule has 0 saturated carbocycles. The third kappa shape index (κ3) is 6.61. The average Bonchev–Trinajstić information content (AvgIpc) is 3.12. The third-order valence-corrected chi connectivity index (χ3v) is 4.41. The second kappa shape index (κ2) is 10.3. The van der Waals surface area contributed by atoms with E-state index in [1.54, 1.807) is 0 Å². The Kier molecular flexibility index (Phi) is 7.72. The Hall–Kier alpha value is -2.78. The largest absolute Gasteiger partial charge is 0.393 e. The molecule has 1 aromatic carbocycles. The Labute approximate surface area is 155 Å². The fourth-order valence-electron chi connectivity index (χ4n) is 2.17. The van der Waals surface area contributed by atoms with Gasteiger partial charge in [0.05, 0.1) is 0 Å². The van der Waals surface area contributed by atoms with E-state index in [1.807, 2.05) is 30.3 Å². The summed E-state index contributed by atoms with van der Waals surface area (Å²) >= 11 is 1.29. The predicted octanol–water partition coefficient (Wildman–Crippen LogP) is 0.965. The van der Waals surface area contributed by atoms with E-state index in [0.29, 0.717) is 24.4 Å². The number of nitrogens with two attached hydrogens (primary N) is 2. The molecule has 0 unspecified atom stereocenters. The third-order valence-electron chi connectivity index (χ3n) is 3.50. The van der Waals surface area contributed by atoms with Crippen molar-refractivity contribution >= 4 is 23.5 Å². The minimum atomic E-state index is -0.362. The van der Waals surface area contributed by atoms with Crippen molar-refractivity contribution in [3.05, 3.63) is 57.8 Å². The number of aldehydes is 1. The maximum Gasteiger partial charge on any atom is 0.268 e. The van der Waals surface area contributed by atoms with Gasteiger partial charge in [-0.1, -0.05) is 41.7 Å². The van der Waals surface area contributed by atoms with Crippen LogP contribution in [0.1, 0.15) is 33.2 Å². The minimum absolute atomic E-state index is 0.0585. The van der Waals surface area contributed by atoms with Gasteiger partial charge in [0.25, 0.3) is 5.91 Å². The molecule has 138 valence electrons. The molecule has 26 heavy (non-hydrogen) atoms. The Morgan fingerprint density at radius 3 is 2.69 bits per heavy atom. The summed E-state index contributed by atoms with van der Waals surface area (Å²) in [5, 5.41) is 13.0. The summed E-state index contributed by atoms with van der Waals surface area (Å²) in [4.78, 5) is 22.5. The lowest BCUT2D eigenvalue weighted by Crippen LogP contribution is -2.33. The molecule has 8 nitrogen and oxygen atoms in total. The maximum atomic E-state index is 12.0. The lowest BCUT2D eigenvalue weighted by atomic mass is 10.2. The second-order valence-electron chi connectivity index (χ2n) is 5.60. The molecule has 0 spiro atoms. The predicted molar refractivity (Wildman–Crippen MR) is 99.7 cm³/mol. The van der Waals surface area contributed by atoms with Gasteiger partial charge in [-0.05, 0) is 18.4 Å². The van der Waals surface area contributed by atoms with E-state index < -0.39 is 0 Å². The van der Waals surface area contributed by atoms with Gasteiger partial charge in [0.15, 0.2) is 11.3 Å². The van der Waals surface area contributed by atoms with Crippen molar-refractivity contribution in [2.24, 2.45) is 11.6 Å². The van der Waals surface area contributed by atoms with Gasteiger partial charge in [0.2, 0.25) is 0 Å². The molecule has 0 aliphatic carbocycles. The standard InChI is InChI=1S/C17H22N6O2S/c18-14(17(25)20-10-13-6-2-1-3-7-13)11-23(19)9-5-4-8-15-21-22-16(12-24)26-15/h1-3,6-7,11-12H,4-5,8-10,18-19H2,(H,20,25)/b14-11-. The number of benzene rings is 1. The SMILES string of the molecule is N/C(=C\N(N)CCCCc1nnc(C=O)s1)C(=O)NCc1ccccc1. The number of hydrogen-bond acceptors (Lipinski definition) is 8. The highest BCUT2D eigenvalue weighted by Crippen LogP contribution is 2.10. The topological polar surface area (TPSA) is 127 Å². The smallest absolute Gasteiger partial charge is 0.268 e. The molecule has 0 atom stereocenters. The second-order valence-corrected chi connectivity index (χ2v) is 6.69. The molecule has 1 aromatic heterocycles. The minimum Gasteiger partial charge on any atom is -0.393 e. The van der Waals surface area contributed by atoms with Gasteiger partial charge in [-0.2, -0.15) is 0 Å². The van der Waals surface area contributed by atoms with Crippen molar-refractivity contribution in [3.63, 3.8) is 0 Å². The first-order chi connectivity index (χ1) is 12.6. The van der Waals surface area contributed by atoms with Crippen LogP contribution in [0.4, 0.5) is 0 Å². The number of unbranched alkanes of at least 4 members (excludes halogenated alkanes) is 1. The number of rotatable bonds is 10. The average molecular weight is 374 g/mol. The monoisotopic (exact) mass is 374 g/mol. The van der Waals surface area contributed by atoms with E-state index in [0.717, 1.165) is 29.8 Å². The van der Waals surface area contributed by atoms with E-state index in [4.69, 9.17) is 11.6 Å². The number of nitrogens with one attached hydrogen (secondary N) is 1. The molecule has 9 heteroatoms. The normalized spacial score (nSPS) is 11.2. The van der Waals surface area contributed by atoms with Crippen LogP contribution in [0, 0.1) is 0 Å². The number of aromatic nitrogens is 2. The fourth-order valence-corrected chi connectivity index (χ4v) is 2.87. The summed E-state index contributed by atoms with van der Waals surface area (Å²) in [5.74, 6) is 5.49. The van der Waals surface area contributed by atoms with Crippen LogP contribution in [0.15, 0.2) is 42.2 Å². The van der Waals surface area contributed by atoms with Crippen molar-refractivity contribution in [3.8, 4) is 0 Å². The first-order valence-electron chi connectivity index (χ1n) is 8.17. The Morgan fingerprint density at radius 1 is 1.23 bits per heavy atom. The fraction of sp³-hybridized carbons (Fsp3) is 0.294. The first kappa shape index (κ1) is 19.5. The van der Waals surface area contributed by atoms with Gasteiger partial charge in [0.1, 0.15) is 10.7 Å². The number of aryl methyl sites for hydroxylation is 1. The zero-order valence-corrected chi connectivity index (χ0v) is 15.1. The number of carbonyl (C=O) groups is 2. The quantitative estimate of drug-likeness (QED) is 0.186. The Morgan fingerprint density at radius 2 is 2.00 bits per heavy atom. The van der Waals surface area contributed by atoms with Crippen LogP contribution in [0.5, 0.6) is 0 Å². The van der Waals surface area contributed by atoms with Crippen molar-refractivity contribution < 1.29 is 9.59 Å². The maximum absolute atomic E-state index is 12.0. The molecule has 0 saturated heterocycles. The van der Waals surface area contributed by atoms with Crippen LogP contribution in [0.3, 0.4) is 0 Å².